The second-order valence-electron chi connectivity index (χ2n) is 5.98. The summed E-state index contributed by atoms with van der Waals surface area (Å²) in [5, 5.41) is 5.17. The molecule has 0 aromatic carbocycles. The zero-order valence-corrected chi connectivity index (χ0v) is 12.2. The van der Waals surface area contributed by atoms with Gasteiger partial charge in [0.2, 0.25) is 5.91 Å². The van der Waals surface area contributed by atoms with E-state index in [0.717, 1.165) is 16.7 Å². The lowest BCUT2D eigenvalue weighted by Gasteiger charge is -2.28. The normalized spacial score (nSPS) is 30.9. The highest BCUT2D eigenvalue weighted by Gasteiger charge is 2.41. The fourth-order valence-corrected chi connectivity index (χ4v) is 4.45. The maximum absolute atomic E-state index is 11.9. The third kappa shape index (κ3) is 2.92. The van der Waals surface area contributed by atoms with Crippen LogP contribution in [0.2, 0.25) is 0 Å². The van der Waals surface area contributed by atoms with Gasteiger partial charge in [0.15, 0.2) is 0 Å². The first-order chi connectivity index (χ1) is 9.22. The molecule has 3 heteroatoms. The number of hydrogen-bond donors (Lipinski definition) is 1. The predicted molar refractivity (Wildman–Crippen MR) is 79.9 cm³/mol. The summed E-state index contributed by atoms with van der Waals surface area (Å²) in [6.45, 7) is 2.17. The van der Waals surface area contributed by atoms with Crippen molar-refractivity contribution in [3.05, 3.63) is 28.5 Å². The van der Waals surface area contributed by atoms with Crippen LogP contribution in [0.25, 0.3) is 6.08 Å². The number of nitrogens with one attached hydrogen (secondary N) is 1. The van der Waals surface area contributed by atoms with E-state index in [0.29, 0.717) is 12.0 Å². The van der Waals surface area contributed by atoms with Crippen LogP contribution in [-0.4, -0.2) is 11.9 Å². The fraction of sp³-hybridized carbons (Fsp3) is 0.562. The van der Waals surface area contributed by atoms with Crippen LogP contribution in [0.15, 0.2) is 23.6 Å². The first kappa shape index (κ1) is 12.9. The summed E-state index contributed by atoms with van der Waals surface area (Å²) >= 11 is 1.65. The Bertz CT molecular complexity index is 465. The lowest BCUT2D eigenvalue weighted by Crippen LogP contribution is -2.39. The highest BCUT2D eigenvalue weighted by molar-refractivity contribution is 7.10. The molecular weight excluding hydrogens is 254 g/mol. The van der Waals surface area contributed by atoms with Crippen molar-refractivity contribution >= 4 is 23.3 Å². The molecule has 1 N–H and O–H groups in total. The van der Waals surface area contributed by atoms with Crippen LogP contribution in [-0.2, 0) is 4.79 Å². The van der Waals surface area contributed by atoms with Crippen molar-refractivity contribution in [2.24, 2.45) is 17.8 Å². The van der Waals surface area contributed by atoms with E-state index < -0.39 is 0 Å². The second-order valence-corrected chi connectivity index (χ2v) is 6.96. The van der Waals surface area contributed by atoms with E-state index in [1.807, 2.05) is 23.6 Å². The predicted octanol–water partition coefficient (Wildman–Crippen LogP) is 3.70. The number of amides is 1. The largest absolute Gasteiger partial charge is 0.350 e. The molecular formula is C16H21NOS. The van der Waals surface area contributed by atoms with Crippen LogP contribution in [0.4, 0.5) is 0 Å². The number of hydrogen-bond acceptors (Lipinski definition) is 2. The topological polar surface area (TPSA) is 29.1 Å². The van der Waals surface area contributed by atoms with Crippen LogP contribution in [0.5, 0.6) is 0 Å². The Morgan fingerprint density at radius 1 is 1.47 bits per heavy atom. The van der Waals surface area contributed by atoms with Crippen LogP contribution < -0.4 is 5.32 Å². The summed E-state index contributed by atoms with van der Waals surface area (Å²) in [5.41, 5.74) is 0. The van der Waals surface area contributed by atoms with Crippen molar-refractivity contribution in [1.29, 1.82) is 0 Å². The summed E-state index contributed by atoms with van der Waals surface area (Å²) in [4.78, 5) is 13.0. The van der Waals surface area contributed by atoms with E-state index in [9.17, 15) is 4.79 Å². The van der Waals surface area contributed by atoms with Crippen molar-refractivity contribution in [3.63, 3.8) is 0 Å². The molecule has 3 rings (SSSR count). The molecule has 0 unspecified atom stereocenters. The summed E-state index contributed by atoms with van der Waals surface area (Å²) < 4.78 is 0. The Morgan fingerprint density at radius 2 is 2.37 bits per heavy atom. The Labute approximate surface area is 118 Å². The first-order valence-electron chi connectivity index (χ1n) is 7.24. The highest BCUT2D eigenvalue weighted by atomic mass is 32.1. The molecule has 2 fully saturated rings. The average molecular weight is 275 g/mol. The van der Waals surface area contributed by atoms with Gasteiger partial charge in [0.25, 0.3) is 0 Å². The number of carbonyl (C=O) groups is 1. The van der Waals surface area contributed by atoms with Crippen LogP contribution >= 0.6 is 11.3 Å². The number of thiophene rings is 1. The van der Waals surface area contributed by atoms with Gasteiger partial charge in [-0.25, -0.2) is 0 Å². The summed E-state index contributed by atoms with van der Waals surface area (Å²) in [6.07, 6.45) is 9.07. The van der Waals surface area contributed by atoms with E-state index in [1.54, 1.807) is 17.4 Å². The molecule has 0 saturated heterocycles. The van der Waals surface area contributed by atoms with Crippen molar-refractivity contribution in [1.82, 2.24) is 5.32 Å². The van der Waals surface area contributed by atoms with Crippen LogP contribution in [0.3, 0.4) is 0 Å². The molecule has 2 aliphatic carbocycles. The minimum atomic E-state index is 0.0451. The van der Waals surface area contributed by atoms with Crippen molar-refractivity contribution < 1.29 is 4.79 Å². The zero-order chi connectivity index (χ0) is 13.2. The summed E-state index contributed by atoms with van der Waals surface area (Å²) in [7, 11) is 0. The molecule has 2 aliphatic rings. The lowest BCUT2D eigenvalue weighted by atomic mass is 9.84. The van der Waals surface area contributed by atoms with Crippen LogP contribution in [0, 0.1) is 17.8 Å². The third-order valence-corrected chi connectivity index (χ3v) is 5.58. The third-order valence-electron chi connectivity index (χ3n) is 4.75. The number of fused-ring (bicyclic) bond motifs is 2. The van der Waals surface area contributed by atoms with Gasteiger partial charge in [-0.2, -0.15) is 0 Å². The Hall–Kier alpha value is -1.09. The molecule has 0 radical (unpaired) electrons. The molecule has 1 aromatic rings. The first-order valence-corrected chi connectivity index (χ1v) is 8.12. The average Bonchev–Trinajstić information content (AvgIpc) is 3.13. The Balaban J connectivity index is 1.52. The Morgan fingerprint density at radius 3 is 3.00 bits per heavy atom. The quantitative estimate of drug-likeness (QED) is 0.834. The van der Waals surface area contributed by atoms with E-state index in [2.05, 4.69) is 12.2 Å². The molecule has 19 heavy (non-hydrogen) atoms. The SMILES string of the molecule is C[C@H](NC(=O)/C=C/c1cccs1)[C@H]1C[C@@H]2CC[C@H]1C2. The smallest absolute Gasteiger partial charge is 0.244 e. The molecule has 1 amide bonds. The van der Waals surface area contributed by atoms with Gasteiger partial charge in [0.05, 0.1) is 0 Å². The maximum atomic E-state index is 11.9. The summed E-state index contributed by atoms with van der Waals surface area (Å²) in [5.74, 6) is 2.55. The molecule has 2 nitrogen and oxygen atoms in total. The van der Waals surface area contributed by atoms with Crippen molar-refractivity contribution in [2.75, 3.05) is 0 Å². The van der Waals surface area contributed by atoms with E-state index in [1.165, 1.54) is 25.7 Å². The maximum Gasteiger partial charge on any atom is 0.244 e. The van der Waals surface area contributed by atoms with Crippen molar-refractivity contribution in [3.8, 4) is 0 Å². The zero-order valence-electron chi connectivity index (χ0n) is 11.3. The van der Waals surface area contributed by atoms with E-state index in [4.69, 9.17) is 0 Å². The molecule has 0 spiro atoms. The minimum Gasteiger partial charge on any atom is -0.350 e. The van der Waals surface area contributed by atoms with Gasteiger partial charge in [-0.3, -0.25) is 4.79 Å². The standard InChI is InChI=1S/C16H21NOS/c1-11(15-10-12-4-5-13(15)9-12)17-16(18)7-6-14-3-2-8-19-14/h2-3,6-8,11-13,15H,4-5,9-10H2,1H3,(H,17,18)/b7-6+/t11-,12+,13-,15+/m0/s1. The second kappa shape index (κ2) is 5.49. The van der Waals surface area contributed by atoms with Crippen LogP contribution in [0.1, 0.15) is 37.5 Å². The van der Waals surface area contributed by atoms with Crippen molar-refractivity contribution in [2.45, 2.75) is 38.6 Å². The van der Waals surface area contributed by atoms with Gasteiger partial charge >= 0.3 is 0 Å². The fourth-order valence-electron chi connectivity index (χ4n) is 3.83. The molecule has 2 saturated carbocycles. The van der Waals surface area contributed by atoms with E-state index in [-0.39, 0.29) is 5.91 Å². The molecule has 1 aromatic heterocycles. The number of carbonyl (C=O) groups excluding carboxylic acids is 1. The highest BCUT2D eigenvalue weighted by Crippen LogP contribution is 2.49. The molecule has 0 aliphatic heterocycles. The minimum absolute atomic E-state index is 0.0451. The van der Waals surface area contributed by atoms with Gasteiger partial charge in [-0.15, -0.1) is 11.3 Å². The van der Waals surface area contributed by atoms with Gasteiger partial charge in [0, 0.05) is 17.0 Å². The molecule has 1 heterocycles. The van der Waals surface area contributed by atoms with Gasteiger partial charge in [-0.1, -0.05) is 12.5 Å². The monoisotopic (exact) mass is 275 g/mol. The summed E-state index contributed by atoms with van der Waals surface area (Å²) in [6, 6.07) is 4.34. The lowest BCUT2D eigenvalue weighted by molar-refractivity contribution is -0.117. The van der Waals surface area contributed by atoms with E-state index >= 15 is 0 Å². The van der Waals surface area contributed by atoms with Gasteiger partial charge in [-0.05, 0) is 61.5 Å². The Kier molecular flexibility index (Phi) is 3.74. The van der Waals surface area contributed by atoms with Gasteiger partial charge in [0.1, 0.15) is 0 Å². The van der Waals surface area contributed by atoms with Gasteiger partial charge < -0.3 is 5.32 Å². The molecule has 4 atom stereocenters. The molecule has 102 valence electrons. The number of rotatable bonds is 4. The molecule has 2 bridgehead atoms.